The number of para-hydroxylation sites is 1. The van der Waals surface area contributed by atoms with E-state index < -0.39 is 0 Å². The molecule has 6 nitrogen and oxygen atoms in total. The van der Waals surface area contributed by atoms with Crippen molar-refractivity contribution in [3.8, 4) is 5.75 Å². The highest BCUT2D eigenvalue weighted by molar-refractivity contribution is 8.01. The van der Waals surface area contributed by atoms with E-state index in [1.807, 2.05) is 54.6 Å². The number of anilines is 1. The second-order valence-corrected chi connectivity index (χ2v) is 8.14. The van der Waals surface area contributed by atoms with E-state index in [1.54, 1.807) is 13.3 Å². The number of ether oxygens (including phenoxy) is 1. The molecular weight excluding hydrogens is 392 g/mol. The van der Waals surface area contributed by atoms with E-state index in [1.165, 1.54) is 23.1 Å². The first-order valence-corrected chi connectivity index (χ1v) is 10.1. The van der Waals surface area contributed by atoms with E-state index in [-0.39, 0.29) is 12.3 Å². The van der Waals surface area contributed by atoms with Gasteiger partial charge in [-0.3, -0.25) is 9.78 Å². The van der Waals surface area contributed by atoms with Crippen LogP contribution in [-0.2, 0) is 11.2 Å². The van der Waals surface area contributed by atoms with Gasteiger partial charge in [0.15, 0.2) is 4.34 Å². The smallest absolute Gasteiger partial charge is 0.230 e. The van der Waals surface area contributed by atoms with Crippen LogP contribution in [0.5, 0.6) is 5.75 Å². The molecule has 2 heterocycles. The quantitative estimate of drug-likeness (QED) is 0.476. The standard InChI is InChI=1S/C20H16N4O2S2/c1-26-14-8-6-13(7-9-14)12-18(25)22-19-23-24-20(28-19)27-17-10-11-21-16-5-3-2-4-15(16)17/h2-11H,12H2,1H3,(H,22,23,25). The summed E-state index contributed by atoms with van der Waals surface area (Å²) >= 11 is 2.86. The Balaban J connectivity index is 1.41. The number of carbonyl (C=O) groups is 1. The lowest BCUT2D eigenvalue weighted by Gasteiger charge is -2.03. The molecule has 2 aromatic carbocycles. The average Bonchev–Trinajstić information content (AvgIpc) is 3.15. The molecule has 8 heteroatoms. The molecule has 1 amide bonds. The number of nitrogens with one attached hydrogen (secondary N) is 1. The summed E-state index contributed by atoms with van der Waals surface area (Å²) in [5, 5.41) is 12.6. The molecule has 0 spiro atoms. The topological polar surface area (TPSA) is 77.0 Å². The Bertz CT molecular complexity index is 1110. The highest BCUT2D eigenvalue weighted by Crippen LogP contribution is 2.35. The van der Waals surface area contributed by atoms with Crippen LogP contribution >= 0.6 is 23.1 Å². The van der Waals surface area contributed by atoms with Crippen LogP contribution in [0.1, 0.15) is 5.56 Å². The molecule has 1 N–H and O–H groups in total. The van der Waals surface area contributed by atoms with Gasteiger partial charge in [-0.25, -0.2) is 0 Å². The minimum absolute atomic E-state index is 0.132. The molecule has 0 radical (unpaired) electrons. The van der Waals surface area contributed by atoms with Gasteiger partial charge < -0.3 is 10.1 Å². The zero-order chi connectivity index (χ0) is 19.3. The zero-order valence-electron chi connectivity index (χ0n) is 15.0. The van der Waals surface area contributed by atoms with Crippen molar-refractivity contribution in [2.75, 3.05) is 12.4 Å². The van der Waals surface area contributed by atoms with Crippen molar-refractivity contribution >= 4 is 45.0 Å². The van der Waals surface area contributed by atoms with Crippen LogP contribution in [-0.4, -0.2) is 28.2 Å². The van der Waals surface area contributed by atoms with Crippen molar-refractivity contribution in [3.05, 3.63) is 66.4 Å². The number of benzene rings is 2. The normalized spacial score (nSPS) is 10.8. The van der Waals surface area contributed by atoms with Gasteiger partial charge in [-0.1, -0.05) is 53.4 Å². The van der Waals surface area contributed by atoms with Gasteiger partial charge in [0.1, 0.15) is 5.75 Å². The number of rotatable bonds is 6. The third-order valence-corrected chi connectivity index (χ3v) is 5.95. The lowest BCUT2D eigenvalue weighted by molar-refractivity contribution is -0.115. The summed E-state index contributed by atoms with van der Waals surface area (Å²) in [6.45, 7) is 0. The van der Waals surface area contributed by atoms with Crippen molar-refractivity contribution in [2.24, 2.45) is 0 Å². The van der Waals surface area contributed by atoms with Crippen LogP contribution < -0.4 is 10.1 Å². The third kappa shape index (κ3) is 4.29. The van der Waals surface area contributed by atoms with Crippen LogP contribution in [0.3, 0.4) is 0 Å². The maximum absolute atomic E-state index is 12.3. The molecule has 0 aliphatic carbocycles. The van der Waals surface area contributed by atoms with Gasteiger partial charge in [0.2, 0.25) is 11.0 Å². The van der Waals surface area contributed by atoms with Gasteiger partial charge in [-0.2, -0.15) is 0 Å². The van der Waals surface area contributed by atoms with Crippen LogP contribution in [0.15, 0.2) is 70.0 Å². The van der Waals surface area contributed by atoms with Gasteiger partial charge in [0.25, 0.3) is 0 Å². The number of hydrogen-bond acceptors (Lipinski definition) is 7. The summed E-state index contributed by atoms with van der Waals surface area (Å²) < 4.78 is 5.89. The van der Waals surface area contributed by atoms with Gasteiger partial charge in [0.05, 0.1) is 19.0 Å². The van der Waals surface area contributed by atoms with Gasteiger partial charge in [0, 0.05) is 16.5 Å². The fourth-order valence-corrected chi connectivity index (χ4v) is 4.49. The molecule has 2 aromatic heterocycles. The Hall–Kier alpha value is -2.97. The highest BCUT2D eigenvalue weighted by Gasteiger charge is 2.11. The maximum Gasteiger partial charge on any atom is 0.230 e. The van der Waals surface area contributed by atoms with Crippen LogP contribution in [0.2, 0.25) is 0 Å². The lowest BCUT2D eigenvalue weighted by Crippen LogP contribution is -2.14. The molecule has 140 valence electrons. The summed E-state index contributed by atoms with van der Waals surface area (Å²) in [4.78, 5) is 17.7. The Labute approximate surface area is 170 Å². The van der Waals surface area contributed by atoms with E-state index in [0.29, 0.717) is 5.13 Å². The van der Waals surface area contributed by atoms with Crippen molar-refractivity contribution in [2.45, 2.75) is 15.7 Å². The number of fused-ring (bicyclic) bond motifs is 1. The third-order valence-electron chi connectivity index (χ3n) is 3.98. The fraction of sp³-hybridized carbons (Fsp3) is 0.100. The molecule has 0 saturated carbocycles. The predicted octanol–water partition coefficient (Wildman–Crippen LogP) is 4.43. The Kier molecular flexibility index (Phi) is 5.50. The number of carbonyl (C=O) groups excluding carboxylic acids is 1. The number of aromatic nitrogens is 3. The predicted molar refractivity (Wildman–Crippen MR) is 111 cm³/mol. The van der Waals surface area contributed by atoms with Crippen molar-refractivity contribution < 1.29 is 9.53 Å². The molecule has 0 aliphatic rings. The highest BCUT2D eigenvalue weighted by atomic mass is 32.2. The second-order valence-electron chi connectivity index (χ2n) is 5.87. The lowest BCUT2D eigenvalue weighted by atomic mass is 10.1. The van der Waals surface area contributed by atoms with Crippen LogP contribution in [0, 0.1) is 0 Å². The van der Waals surface area contributed by atoms with Crippen LogP contribution in [0.4, 0.5) is 5.13 Å². The molecule has 0 fully saturated rings. The van der Waals surface area contributed by atoms with Crippen molar-refractivity contribution in [1.29, 1.82) is 0 Å². The molecule has 4 rings (SSSR count). The summed E-state index contributed by atoms with van der Waals surface area (Å²) in [6, 6.07) is 17.3. The number of hydrogen-bond donors (Lipinski definition) is 1. The van der Waals surface area contributed by atoms with Crippen molar-refractivity contribution in [3.63, 3.8) is 0 Å². The Morgan fingerprint density at radius 2 is 1.93 bits per heavy atom. The molecule has 0 aliphatic heterocycles. The minimum Gasteiger partial charge on any atom is -0.497 e. The van der Waals surface area contributed by atoms with Gasteiger partial charge in [-0.05, 0) is 29.8 Å². The monoisotopic (exact) mass is 408 g/mol. The zero-order valence-corrected chi connectivity index (χ0v) is 16.6. The molecule has 0 unspecified atom stereocenters. The SMILES string of the molecule is COc1ccc(CC(=O)Nc2nnc(Sc3ccnc4ccccc34)s2)cc1. The summed E-state index contributed by atoms with van der Waals surface area (Å²) in [7, 11) is 1.61. The van der Waals surface area contributed by atoms with Gasteiger partial charge >= 0.3 is 0 Å². The largest absolute Gasteiger partial charge is 0.497 e. The molecule has 28 heavy (non-hydrogen) atoms. The average molecular weight is 409 g/mol. The van der Waals surface area contributed by atoms with E-state index in [9.17, 15) is 4.79 Å². The first-order valence-electron chi connectivity index (χ1n) is 8.49. The Morgan fingerprint density at radius 3 is 2.75 bits per heavy atom. The van der Waals surface area contributed by atoms with E-state index in [2.05, 4.69) is 20.5 Å². The van der Waals surface area contributed by atoms with E-state index >= 15 is 0 Å². The van der Waals surface area contributed by atoms with E-state index in [0.717, 1.165) is 31.5 Å². The fourth-order valence-electron chi connectivity index (χ4n) is 2.65. The number of amides is 1. The number of pyridine rings is 1. The van der Waals surface area contributed by atoms with Crippen molar-refractivity contribution in [1.82, 2.24) is 15.2 Å². The van der Waals surface area contributed by atoms with E-state index in [4.69, 9.17) is 4.74 Å². The Morgan fingerprint density at radius 1 is 1.11 bits per heavy atom. The second kappa shape index (κ2) is 8.37. The molecule has 4 aromatic rings. The van der Waals surface area contributed by atoms with Crippen LogP contribution in [0.25, 0.3) is 10.9 Å². The first kappa shape index (κ1) is 18.4. The number of nitrogens with zero attached hydrogens (tertiary/aromatic N) is 3. The summed E-state index contributed by atoms with van der Waals surface area (Å²) in [6.07, 6.45) is 2.05. The summed E-state index contributed by atoms with van der Waals surface area (Å²) in [5.41, 5.74) is 1.84. The summed E-state index contributed by atoms with van der Waals surface area (Å²) in [5.74, 6) is 0.630. The van der Waals surface area contributed by atoms with Gasteiger partial charge in [-0.15, -0.1) is 10.2 Å². The first-order chi connectivity index (χ1) is 13.7. The molecule has 0 bridgehead atoms. The minimum atomic E-state index is -0.132. The molecular formula is C20H16N4O2S2. The maximum atomic E-state index is 12.3. The molecule has 0 saturated heterocycles. The number of methoxy groups -OCH3 is 1. The molecule has 0 atom stereocenters.